The van der Waals surface area contributed by atoms with Gasteiger partial charge in [0, 0.05) is 19.6 Å². The summed E-state index contributed by atoms with van der Waals surface area (Å²) in [5.41, 5.74) is 1.53. The molecule has 0 radical (unpaired) electrons. The van der Waals surface area contributed by atoms with E-state index in [-0.39, 0.29) is 0 Å². The molecular weight excluding hydrogens is 124 g/mol. The van der Waals surface area contributed by atoms with E-state index in [1.54, 1.807) is 0 Å². The maximum Gasteiger partial charge on any atom is 0.0209 e. The van der Waals surface area contributed by atoms with Crippen molar-refractivity contribution in [3.8, 4) is 0 Å². The fourth-order valence-corrected chi connectivity index (χ4v) is 1.27. The molecule has 0 fully saturated rings. The Labute approximate surface area is 62.9 Å². The first-order valence-corrected chi connectivity index (χ1v) is 3.91. The van der Waals surface area contributed by atoms with Gasteiger partial charge in [0.25, 0.3) is 0 Å². The summed E-state index contributed by atoms with van der Waals surface area (Å²) in [6.45, 7) is 6.74. The molecule has 0 aromatic rings. The van der Waals surface area contributed by atoms with Gasteiger partial charge in [-0.3, -0.25) is 4.90 Å². The van der Waals surface area contributed by atoms with Crippen molar-refractivity contribution in [1.82, 2.24) is 10.2 Å². The lowest BCUT2D eigenvalue weighted by molar-refractivity contribution is 0.367. The Hall–Kier alpha value is -0.340. The summed E-state index contributed by atoms with van der Waals surface area (Å²) in [5, 5.41) is 3.16. The van der Waals surface area contributed by atoms with Crippen LogP contribution in [0.1, 0.15) is 6.92 Å². The van der Waals surface area contributed by atoms with E-state index in [1.165, 1.54) is 12.1 Å². The minimum Gasteiger partial charge on any atom is -0.316 e. The van der Waals surface area contributed by atoms with Gasteiger partial charge in [0.2, 0.25) is 0 Å². The molecule has 0 atom stereocenters. The summed E-state index contributed by atoms with van der Waals surface area (Å²) in [6.07, 6.45) is 2.32. The van der Waals surface area contributed by atoms with Crippen LogP contribution in [0.3, 0.4) is 0 Å². The lowest BCUT2D eigenvalue weighted by atomic mass is 10.3. The van der Waals surface area contributed by atoms with Crippen LogP contribution in [0.15, 0.2) is 11.6 Å². The molecule has 0 saturated heterocycles. The summed E-state index contributed by atoms with van der Waals surface area (Å²) < 4.78 is 0. The van der Waals surface area contributed by atoms with E-state index in [4.69, 9.17) is 0 Å². The Bertz CT molecular complexity index is 129. The minimum absolute atomic E-state index is 1.05. The van der Waals surface area contributed by atoms with Gasteiger partial charge in [0.1, 0.15) is 0 Å². The number of rotatable bonds is 3. The monoisotopic (exact) mass is 140 g/mol. The molecule has 0 aliphatic carbocycles. The summed E-state index contributed by atoms with van der Waals surface area (Å²) in [4.78, 5) is 2.42. The topological polar surface area (TPSA) is 15.3 Å². The van der Waals surface area contributed by atoms with Gasteiger partial charge in [0.05, 0.1) is 0 Å². The van der Waals surface area contributed by atoms with Gasteiger partial charge in [-0.15, -0.1) is 0 Å². The predicted octanol–water partition coefficient (Wildman–Crippen LogP) is 0.468. The van der Waals surface area contributed by atoms with Gasteiger partial charge in [-0.25, -0.2) is 0 Å². The average Bonchev–Trinajstić information content (AvgIpc) is 2.37. The molecule has 0 bridgehead atoms. The van der Waals surface area contributed by atoms with Crippen molar-refractivity contribution in [3.05, 3.63) is 11.6 Å². The Kier molecular flexibility index (Phi) is 2.90. The quantitative estimate of drug-likeness (QED) is 0.573. The van der Waals surface area contributed by atoms with E-state index in [1.807, 2.05) is 7.05 Å². The van der Waals surface area contributed by atoms with Crippen molar-refractivity contribution in [2.45, 2.75) is 6.92 Å². The van der Waals surface area contributed by atoms with E-state index in [2.05, 4.69) is 23.2 Å². The highest BCUT2D eigenvalue weighted by Gasteiger charge is 2.09. The second-order valence-corrected chi connectivity index (χ2v) is 2.72. The first kappa shape index (κ1) is 7.76. The SMILES string of the molecule is CCN1CC=C(CNC)C1. The zero-order valence-corrected chi connectivity index (χ0v) is 6.85. The molecule has 0 spiro atoms. The van der Waals surface area contributed by atoms with Crippen LogP contribution in [-0.4, -0.2) is 38.1 Å². The van der Waals surface area contributed by atoms with Gasteiger partial charge in [0.15, 0.2) is 0 Å². The zero-order valence-electron chi connectivity index (χ0n) is 6.85. The van der Waals surface area contributed by atoms with Crippen LogP contribution >= 0.6 is 0 Å². The third kappa shape index (κ3) is 1.82. The first-order valence-electron chi connectivity index (χ1n) is 3.91. The zero-order chi connectivity index (χ0) is 7.40. The third-order valence-electron chi connectivity index (χ3n) is 1.92. The van der Waals surface area contributed by atoms with E-state index in [9.17, 15) is 0 Å². The second-order valence-electron chi connectivity index (χ2n) is 2.72. The molecule has 0 unspecified atom stereocenters. The fraction of sp³-hybridized carbons (Fsp3) is 0.750. The maximum absolute atomic E-state index is 3.16. The van der Waals surface area contributed by atoms with Crippen LogP contribution in [0.5, 0.6) is 0 Å². The third-order valence-corrected chi connectivity index (χ3v) is 1.92. The number of hydrogen-bond acceptors (Lipinski definition) is 2. The molecular formula is C8H16N2. The molecule has 1 aliphatic rings. The molecule has 1 aliphatic heterocycles. The normalized spacial score (nSPS) is 19.6. The maximum atomic E-state index is 3.16. The van der Waals surface area contributed by atoms with Gasteiger partial charge < -0.3 is 5.32 Å². The molecule has 1 N–H and O–H groups in total. The average molecular weight is 140 g/mol. The first-order chi connectivity index (χ1) is 4.86. The molecule has 58 valence electrons. The molecule has 10 heavy (non-hydrogen) atoms. The summed E-state index contributed by atoms with van der Waals surface area (Å²) in [5.74, 6) is 0. The highest BCUT2D eigenvalue weighted by Crippen LogP contribution is 2.06. The van der Waals surface area contributed by atoms with Crippen molar-refractivity contribution < 1.29 is 0 Å². The molecule has 0 aromatic heterocycles. The van der Waals surface area contributed by atoms with Crippen molar-refractivity contribution in [1.29, 1.82) is 0 Å². The van der Waals surface area contributed by atoms with Crippen LogP contribution in [-0.2, 0) is 0 Å². The van der Waals surface area contributed by atoms with Crippen molar-refractivity contribution in [2.24, 2.45) is 0 Å². The van der Waals surface area contributed by atoms with E-state index < -0.39 is 0 Å². The number of hydrogen-bond donors (Lipinski definition) is 1. The predicted molar refractivity (Wildman–Crippen MR) is 44.1 cm³/mol. The standard InChI is InChI=1S/C8H16N2/c1-3-10-5-4-8(7-10)6-9-2/h4,9H,3,5-7H2,1-2H3. The van der Waals surface area contributed by atoms with E-state index in [0.29, 0.717) is 0 Å². The van der Waals surface area contributed by atoms with Crippen LogP contribution < -0.4 is 5.32 Å². The Balaban J connectivity index is 2.25. The summed E-state index contributed by atoms with van der Waals surface area (Å²) >= 11 is 0. The van der Waals surface area contributed by atoms with Crippen LogP contribution in [0.2, 0.25) is 0 Å². The largest absolute Gasteiger partial charge is 0.316 e. The fourth-order valence-electron chi connectivity index (χ4n) is 1.27. The molecule has 1 heterocycles. The number of likely N-dealkylation sites (N-methyl/N-ethyl adjacent to an activating group) is 2. The lowest BCUT2D eigenvalue weighted by Crippen LogP contribution is -2.22. The molecule has 0 amide bonds. The number of nitrogens with zero attached hydrogens (tertiary/aromatic N) is 1. The van der Waals surface area contributed by atoms with Crippen LogP contribution in [0.4, 0.5) is 0 Å². The molecule has 0 aromatic carbocycles. The van der Waals surface area contributed by atoms with Gasteiger partial charge in [-0.1, -0.05) is 13.0 Å². The summed E-state index contributed by atoms with van der Waals surface area (Å²) in [6, 6.07) is 0. The molecule has 2 nitrogen and oxygen atoms in total. The number of nitrogens with one attached hydrogen (secondary N) is 1. The second kappa shape index (κ2) is 3.74. The molecule has 1 rings (SSSR count). The van der Waals surface area contributed by atoms with Gasteiger partial charge >= 0.3 is 0 Å². The van der Waals surface area contributed by atoms with Crippen LogP contribution in [0, 0.1) is 0 Å². The summed E-state index contributed by atoms with van der Waals surface area (Å²) in [7, 11) is 2.00. The smallest absolute Gasteiger partial charge is 0.0209 e. The Morgan fingerprint density at radius 1 is 1.70 bits per heavy atom. The lowest BCUT2D eigenvalue weighted by Gasteiger charge is -2.11. The van der Waals surface area contributed by atoms with Gasteiger partial charge in [-0.2, -0.15) is 0 Å². The Morgan fingerprint density at radius 3 is 3.00 bits per heavy atom. The van der Waals surface area contributed by atoms with E-state index >= 15 is 0 Å². The van der Waals surface area contributed by atoms with Crippen molar-refractivity contribution in [2.75, 3.05) is 33.2 Å². The highest BCUT2D eigenvalue weighted by molar-refractivity contribution is 5.12. The van der Waals surface area contributed by atoms with Gasteiger partial charge in [-0.05, 0) is 19.2 Å². The Morgan fingerprint density at radius 2 is 2.50 bits per heavy atom. The molecule has 2 heteroatoms. The van der Waals surface area contributed by atoms with Crippen LogP contribution in [0.25, 0.3) is 0 Å². The van der Waals surface area contributed by atoms with E-state index in [0.717, 1.165) is 19.6 Å². The van der Waals surface area contributed by atoms with Crippen molar-refractivity contribution >= 4 is 0 Å². The minimum atomic E-state index is 1.05. The van der Waals surface area contributed by atoms with Crippen molar-refractivity contribution in [3.63, 3.8) is 0 Å². The molecule has 0 saturated carbocycles. The highest BCUT2D eigenvalue weighted by atomic mass is 15.1.